The third-order valence-electron chi connectivity index (χ3n) is 11.7. The molecule has 0 saturated heterocycles. The first kappa shape index (κ1) is 42.4. The lowest BCUT2D eigenvalue weighted by Gasteiger charge is -2.31. The number of hydrogen-bond acceptors (Lipinski definition) is 14. The SMILES string of the molecule is CN1c2cc3c(cc2C(C)(C)C1C=c1c(=O)c(=C=Cc2sc(=S)n(CCC(=O)O)c2O)c1=O)C(C)(C)C(C=c1c(=O)c(=C=Cc2sc(=S)n(CCC(=O)O)c2O)c1=O)N3C. The van der Waals surface area contributed by atoms with Crippen molar-refractivity contribution in [1.29, 1.82) is 0 Å². The average Bonchev–Trinajstić information content (AvgIpc) is 3.75. The van der Waals surface area contributed by atoms with Crippen LogP contribution in [0.3, 0.4) is 0 Å². The summed E-state index contributed by atoms with van der Waals surface area (Å²) >= 11 is 12.5. The van der Waals surface area contributed by atoms with E-state index in [1.807, 2.05) is 51.6 Å². The van der Waals surface area contributed by atoms with Crippen LogP contribution in [-0.2, 0) is 33.5 Å². The molecule has 310 valence electrons. The van der Waals surface area contributed by atoms with Crippen LogP contribution >= 0.6 is 47.1 Å². The number of carboxylic acid groups (broad SMARTS) is 2. The third kappa shape index (κ3) is 6.79. The molecule has 4 heterocycles. The van der Waals surface area contributed by atoms with Crippen molar-refractivity contribution in [2.24, 2.45) is 0 Å². The quantitative estimate of drug-likeness (QED) is 0.148. The van der Waals surface area contributed by atoms with Gasteiger partial charge < -0.3 is 30.2 Å². The van der Waals surface area contributed by atoms with Crippen LogP contribution in [-0.4, -0.2) is 67.7 Å². The van der Waals surface area contributed by atoms with Crippen LogP contribution in [0.15, 0.2) is 31.3 Å². The van der Waals surface area contributed by atoms with Crippen molar-refractivity contribution < 1.29 is 30.0 Å². The first-order valence-electron chi connectivity index (χ1n) is 18.6. The summed E-state index contributed by atoms with van der Waals surface area (Å²) in [4.78, 5) is 79.8. The van der Waals surface area contributed by atoms with Crippen LogP contribution in [0.25, 0.3) is 35.8 Å². The molecule has 60 heavy (non-hydrogen) atoms. The lowest BCUT2D eigenvalue weighted by Crippen LogP contribution is -2.65. The Morgan fingerprint density at radius 3 is 1.37 bits per heavy atom. The molecule has 18 heteroatoms. The Morgan fingerprint density at radius 1 is 0.683 bits per heavy atom. The predicted molar refractivity (Wildman–Crippen MR) is 237 cm³/mol. The summed E-state index contributed by atoms with van der Waals surface area (Å²) in [6.07, 6.45) is 5.51. The summed E-state index contributed by atoms with van der Waals surface area (Å²) in [6.45, 7) is 8.10. The molecule has 2 aromatic heterocycles. The molecule has 0 bridgehead atoms. The molecule has 7 rings (SSSR count). The standard InChI is InChI=1S/C42H38N4O10S4/c1-41(2)23-17-24-26(18-25(23)43(5)29(41)15-21-33(51)19(34(21)52)7-9-27-37(55)45(39(57)59-27)13-11-31(47)48)44(6)30(42(24,3)4)16-22-35(53)20(36(22)54)8-10-28-38(56)46(40(58)60-28)14-12-32(49)50/h9-10,15-18,29-30,55-56H,11-14H2,1-6H3,(H,47,48)(H,49,50). The van der Waals surface area contributed by atoms with Gasteiger partial charge in [0, 0.05) is 61.5 Å². The van der Waals surface area contributed by atoms with Gasteiger partial charge in [0.05, 0.1) is 45.1 Å². The van der Waals surface area contributed by atoms with E-state index >= 15 is 0 Å². The first-order chi connectivity index (χ1) is 28.1. The predicted octanol–water partition coefficient (Wildman–Crippen LogP) is 1.76. The highest BCUT2D eigenvalue weighted by Crippen LogP contribution is 2.53. The Bertz CT molecular complexity index is 3040. The topological polar surface area (TPSA) is 200 Å². The number of aromatic hydroxyl groups is 2. The van der Waals surface area contributed by atoms with E-state index in [1.54, 1.807) is 12.2 Å². The lowest BCUT2D eigenvalue weighted by molar-refractivity contribution is -0.138. The molecule has 4 N–H and O–H groups in total. The Kier molecular flexibility index (Phi) is 10.6. The number of thiazole rings is 2. The van der Waals surface area contributed by atoms with Gasteiger partial charge in [0.15, 0.2) is 7.91 Å². The molecule has 3 aromatic carbocycles. The molecule has 0 aliphatic carbocycles. The second-order valence-corrected chi connectivity index (χ2v) is 19.3. The van der Waals surface area contributed by atoms with Gasteiger partial charge in [-0.2, -0.15) is 0 Å². The number of anilines is 2. The van der Waals surface area contributed by atoms with E-state index in [1.165, 1.54) is 21.3 Å². The van der Waals surface area contributed by atoms with Crippen LogP contribution < -0.4 is 52.4 Å². The van der Waals surface area contributed by atoms with Gasteiger partial charge in [-0.15, -0.1) is 34.1 Å². The summed E-state index contributed by atoms with van der Waals surface area (Å²) in [6, 6.07) is 3.42. The number of aromatic nitrogens is 2. The zero-order valence-electron chi connectivity index (χ0n) is 33.1. The Morgan fingerprint density at radius 2 is 1.03 bits per heavy atom. The number of likely N-dealkylation sites (N-methyl/N-ethyl adjacent to an activating group) is 2. The summed E-state index contributed by atoms with van der Waals surface area (Å²) in [5, 5.41) is 38.8. The zero-order chi connectivity index (χ0) is 43.9. The molecule has 2 aliphatic heterocycles. The normalized spacial score (nSPS) is 17.3. The van der Waals surface area contributed by atoms with Crippen LogP contribution in [0.4, 0.5) is 11.4 Å². The smallest absolute Gasteiger partial charge is 0.305 e. The zero-order valence-corrected chi connectivity index (χ0v) is 36.4. The maximum atomic E-state index is 13.3. The van der Waals surface area contributed by atoms with Gasteiger partial charge in [0.25, 0.3) is 0 Å². The largest absolute Gasteiger partial charge is 0.493 e. The fourth-order valence-electron chi connectivity index (χ4n) is 8.23. The maximum absolute atomic E-state index is 13.3. The molecule has 0 amide bonds. The van der Waals surface area contributed by atoms with E-state index in [0.29, 0.717) is 0 Å². The number of fused-ring (bicyclic) bond motifs is 2. The van der Waals surface area contributed by atoms with Crippen LogP contribution in [0.1, 0.15) is 61.4 Å². The molecule has 2 aliphatic rings. The van der Waals surface area contributed by atoms with Gasteiger partial charge in [0.1, 0.15) is 10.4 Å². The Hall–Kier alpha value is -5.74. The highest BCUT2D eigenvalue weighted by molar-refractivity contribution is 7.73. The van der Waals surface area contributed by atoms with Gasteiger partial charge in [-0.3, -0.25) is 37.9 Å². The van der Waals surface area contributed by atoms with Gasteiger partial charge in [-0.05, 0) is 53.8 Å². The highest BCUT2D eigenvalue weighted by Gasteiger charge is 2.48. The van der Waals surface area contributed by atoms with Crippen molar-refractivity contribution >= 4 is 106 Å². The van der Waals surface area contributed by atoms with Crippen LogP contribution in [0, 0.1) is 7.91 Å². The van der Waals surface area contributed by atoms with Crippen LogP contribution in [0.2, 0.25) is 0 Å². The molecular weight excluding hydrogens is 849 g/mol. The maximum Gasteiger partial charge on any atom is 0.305 e. The Labute approximate surface area is 358 Å². The first-order valence-corrected chi connectivity index (χ1v) is 21.0. The third-order valence-corrected chi connectivity index (χ3v) is 14.5. The molecule has 0 saturated carbocycles. The van der Waals surface area contributed by atoms with E-state index in [-0.39, 0.29) is 88.3 Å². The fourth-order valence-corrected chi connectivity index (χ4v) is 10.7. The highest BCUT2D eigenvalue weighted by atomic mass is 32.2. The van der Waals surface area contributed by atoms with E-state index in [9.17, 15) is 39.0 Å². The van der Waals surface area contributed by atoms with E-state index < -0.39 is 44.5 Å². The van der Waals surface area contributed by atoms with E-state index in [2.05, 4.69) is 23.6 Å². The van der Waals surface area contributed by atoms with E-state index in [4.69, 9.17) is 34.6 Å². The molecular formula is C42H38N4O10S4. The molecule has 2 atom stereocenters. The van der Waals surface area contributed by atoms with Crippen molar-refractivity contribution in [1.82, 2.24) is 9.13 Å². The van der Waals surface area contributed by atoms with Gasteiger partial charge >= 0.3 is 11.9 Å². The van der Waals surface area contributed by atoms with Gasteiger partial charge in [0.2, 0.25) is 33.5 Å². The second kappa shape index (κ2) is 15.1. The van der Waals surface area contributed by atoms with Gasteiger partial charge in [-0.25, -0.2) is 0 Å². The van der Waals surface area contributed by atoms with Crippen LogP contribution in [0.5, 0.6) is 11.8 Å². The van der Waals surface area contributed by atoms with Crippen molar-refractivity contribution in [2.75, 3.05) is 23.9 Å². The van der Waals surface area contributed by atoms with E-state index in [0.717, 1.165) is 45.2 Å². The molecule has 5 aromatic rings. The number of carboxylic acids is 2. The summed E-state index contributed by atoms with van der Waals surface area (Å²) in [7, 11) is 3.79. The minimum absolute atomic E-state index is 0.0303. The molecule has 0 fully saturated rings. The molecule has 0 radical (unpaired) electrons. The fraction of sp³-hybridized carbons (Fsp3) is 0.333. The number of benzene rings is 1. The minimum Gasteiger partial charge on any atom is -0.493 e. The molecule has 2 unspecified atom stereocenters. The van der Waals surface area contributed by atoms with Gasteiger partial charge in [-0.1, -0.05) is 33.8 Å². The van der Waals surface area contributed by atoms with Crippen molar-refractivity contribution in [3.8, 4) is 11.8 Å². The van der Waals surface area contributed by atoms with Crippen molar-refractivity contribution in [3.05, 3.63) is 103 Å². The average molecular weight is 887 g/mol. The van der Waals surface area contributed by atoms with Crippen molar-refractivity contribution in [2.45, 2.75) is 76.5 Å². The summed E-state index contributed by atoms with van der Waals surface area (Å²) < 4.78 is 3.04. The monoisotopic (exact) mass is 886 g/mol. The summed E-state index contributed by atoms with van der Waals surface area (Å²) in [5.74, 6) is -2.62. The lowest BCUT2D eigenvalue weighted by atomic mass is 9.75. The second-order valence-electron chi connectivity index (χ2n) is 15.9. The number of carbonyl (C=O) groups is 2. The molecule has 14 nitrogen and oxygen atoms in total. The number of nitrogens with zero attached hydrogens (tertiary/aromatic N) is 4. The minimum atomic E-state index is -1.05. The number of aliphatic carboxylic acids is 2. The Balaban J connectivity index is 1.18. The number of rotatable bonds is 10. The molecule has 0 spiro atoms. The number of hydrogen-bond donors (Lipinski definition) is 4. The summed E-state index contributed by atoms with van der Waals surface area (Å²) in [5.41, 5.74) is 6.16. The van der Waals surface area contributed by atoms with Crippen molar-refractivity contribution in [3.63, 3.8) is 0 Å².